The van der Waals surface area contributed by atoms with Crippen molar-refractivity contribution in [3.63, 3.8) is 0 Å². The van der Waals surface area contributed by atoms with Gasteiger partial charge in [0.1, 0.15) is 0 Å². The number of benzene rings is 2. The molecule has 20 heavy (non-hydrogen) atoms. The van der Waals surface area contributed by atoms with Gasteiger partial charge in [0.05, 0.1) is 11.3 Å². The Morgan fingerprint density at radius 3 is 2.60 bits per heavy atom. The van der Waals surface area contributed by atoms with Crippen LogP contribution in [0.4, 0.5) is 5.69 Å². The monoisotopic (exact) mass is 265 g/mol. The molecule has 1 amide bonds. The van der Waals surface area contributed by atoms with Crippen molar-refractivity contribution in [2.24, 2.45) is 0 Å². The van der Waals surface area contributed by atoms with E-state index in [2.05, 4.69) is 16.2 Å². The zero-order valence-electron chi connectivity index (χ0n) is 10.9. The molecule has 0 spiro atoms. The Hall–Kier alpha value is -2.75. The molecule has 4 nitrogen and oxygen atoms in total. The largest absolute Gasteiger partial charge is 0.386 e. The van der Waals surface area contributed by atoms with E-state index in [1.807, 2.05) is 54.6 Å². The molecule has 1 heterocycles. The highest BCUT2D eigenvalue weighted by atomic mass is 16.2. The third-order valence-electron chi connectivity index (χ3n) is 3.19. The minimum absolute atomic E-state index is 0.159. The SMILES string of the molecule is O=C(NNc1ccccc1)C1=CNCc2ccccc21. The molecule has 2 aromatic rings. The molecule has 0 atom stereocenters. The fraction of sp³-hybridized carbons (Fsp3) is 0.0625. The van der Waals surface area contributed by atoms with Crippen molar-refractivity contribution in [3.05, 3.63) is 71.9 Å². The molecule has 0 aliphatic carbocycles. The maximum absolute atomic E-state index is 12.3. The number of hydrogen-bond donors (Lipinski definition) is 3. The van der Waals surface area contributed by atoms with E-state index >= 15 is 0 Å². The molecule has 100 valence electrons. The lowest BCUT2D eigenvalue weighted by molar-refractivity contribution is -0.115. The van der Waals surface area contributed by atoms with E-state index in [1.165, 1.54) is 0 Å². The lowest BCUT2D eigenvalue weighted by Crippen LogP contribution is -2.32. The number of carbonyl (C=O) groups is 1. The molecule has 4 heteroatoms. The Balaban J connectivity index is 1.73. The summed E-state index contributed by atoms with van der Waals surface area (Å²) in [5, 5.41) is 3.12. The van der Waals surface area contributed by atoms with E-state index in [1.54, 1.807) is 6.20 Å². The van der Waals surface area contributed by atoms with E-state index in [0.717, 1.165) is 23.4 Å². The van der Waals surface area contributed by atoms with Crippen LogP contribution in [0.1, 0.15) is 11.1 Å². The highest BCUT2D eigenvalue weighted by Gasteiger charge is 2.17. The predicted octanol–water partition coefficient (Wildman–Crippen LogP) is 2.27. The Morgan fingerprint density at radius 2 is 1.75 bits per heavy atom. The summed E-state index contributed by atoms with van der Waals surface area (Å²) in [7, 11) is 0. The quantitative estimate of drug-likeness (QED) is 0.746. The number of amides is 1. The maximum atomic E-state index is 12.3. The molecule has 3 N–H and O–H groups in total. The number of para-hydroxylation sites is 1. The number of hydrogen-bond acceptors (Lipinski definition) is 3. The van der Waals surface area contributed by atoms with Gasteiger partial charge in [-0.2, -0.15) is 0 Å². The second-order valence-corrected chi connectivity index (χ2v) is 4.54. The topological polar surface area (TPSA) is 53.2 Å². The van der Waals surface area contributed by atoms with Crippen LogP contribution in [0.3, 0.4) is 0 Å². The van der Waals surface area contributed by atoms with Crippen molar-refractivity contribution in [2.75, 3.05) is 5.43 Å². The van der Waals surface area contributed by atoms with Gasteiger partial charge in [-0.1, -0.05) is 42.5 Å². The summed E-state index contributed by atoms with van der Waals surface area (Å²) in [4.78, 5) is 12.3. The van der Waals surface area contributed by atoms with Gasteiger partial charge in [-0.3, -0.25) is 15.6 Å². The Labute approximate surface area is 117 Å². The molecular formula is C16H15N3O. The minimum Gasteiger partial charge on any atom is -0.386 e. The van der Waals surface area contributed by atoms with Crippen LogP contribution in [0.2, 0.25) is 0 Å². The standard InChI is InChI=1S/C16H15N3O/c20-16(19-18-13-7-2-1-3-8-13)15-11-17-10-12-6-4-5-9-14(12)15/h1-9,11,17-18H,10H2,(H,19,20). The molecule has 0 aromatic heterocycles. The van der Waals surface area contributed by atoms with Crippen molar-refractivity contribution in [2.45, 2.75) is 6.54 Å². The lowest BCUT2D eigenvalue weighted by Gasteiger charge is -2.18. The molecule has 1 aliphatic heterocycles. The van der Waals surface area contributed by atoms with Gasteiger partial charge >= 0.3 is 0 Å². The van der Waals surface area contributed by atoms with Crippen LogP contribution < -0.4 is 16.2 Å². The van der Waals surface area contributed by atoms with Gasteiger partial charge in [0.25, 0.3) is 5.91 Å². The Bertz CT molecular complexity index is 650. The fourth-order valence-electron chi connectivity index (χ4n) is 2.18. The van der Waals surface area contributed by atoms with Crippen LogP contribution in [0.15, 0.2) is 60.8 Å². The number of nitrogens with one attached hydrogen (secondary N) is 3. The van der Waals surface area contributed by atoms with Crippen molar-refractivity contribution < 1.29 is 4.79 Å². The van der Waals surface area contributed by atoms with Gasteiger partial charge in [0, 0.05) is 12.7 Å². The van der Waals surface area contributed by atoms with Gasteiger partial charge in [-0.15, -0.1) is 0 Å². The molecule has 0 bridgehead atoms. The zero-order chi connectivity index (χ0) is 13.8. The first-order chi connectivity index (χ1) is 9.84. The summed E-state index contributed by atoms with van der Waals surface area (Å²) < 4.78 is 0. The van der Waals surface area contributed by atoms with Crippen LogP contribution in [-0.2, 0) is 11.3 Å². The van der Waals surface area contributed by atoms with Gasteiger partial charge in [0.15, 0.2) is 0 Å². The summed E-state index contributed by atoms with van der Waals surface area (Å²) >= 11 is 0. The van der Waals surface area contributed by atoms with E-state index < -0.39 is 0 Å². The van der Waals surface area contributed by atoms with E-state index in [0.29, 0.717) is 5.57 Å². The van der Waals surface area contributed by atoms with Crippen LogP contribution >= 0.6 is 0 Å². The predicted molar refractivity (Wildman–Crippen MR) is 79.5 cm³/mol. The molecule has 2 aromatic carbocycles. The number of anilines is 1. The zero-order valence-corrected chi connectivity index (χ0v) is 10.9. The van der Waals surface area contributed by atoms with E-state index in [9.17, 15) is 4.79 Å². The molecule has 0 radical (unpaired) electrons. The van der Waals surface area contributed by atoms with Crippen molar-refractivity contribution in [3.8, 4) is 0 Å². The Kier molecular flexibility index (Phi) is 3.37. The van der Waals surface area contributed by atoms with Gasteiger partial charge < -0.3 is 5.32 Å². The average Bonchev–Trinajstić information content (AvgIpc) is 2.53. The highest BCUT2D eigenvalue weighted by Crippen LogP contribution is 2.22. The molecule has 0 saturated heterocycles. The molecule has 1 aliphatic rings. The van der Waals surface area contributed by atoms with Crippen molar-refractivity contribution in [1.82, 2.24) is 10.7 Å². The molecule has 0 fully saturated rings. The summed E-state index contributed by atoms with van der Waals surface area (Å²) in [6.07, 6.45) is 1.75. The molecular weight excluding hydrogens is 250 g/mol. The molecule has 0 unspecified atom stereocenters. The number of rotatable bonds is 3. The number of hydrazine groups is 1. The first kappa shape index (κ1) is 12.3. The van der Waals surface area contributed by atoms with Crippen LogP contribution in [0, 0.1) is 0 Å². The third-order valence-corrected chi connectivity index (χ3v) is 3.19. The number of carbonyl (C=O) groups excluding carboxylic acids is 1. The maximum Gasteiger partial charge on any atom is 0.271 e. The number of fused-ring (bicyclic) bond motifs is 1. The molecule has 3 rings (SSSR count). The van der Waals surface area contributed by atoms with Crippen LogP contribution in [0.5, 0.6) is 0 Å². The minimum atomic E-state index is -0.159. The van der Waals surface area contributed by atoms with Crippen LogP contribution in [-0.4, -0.2) is 5.91 Å². The van der Waals surface area contributed by atoms with E-state index in [4.69, 9.17) is 0 Å². The van der Waals surface area contributed by atoms with E-state index in [-0.39, 0.29) is 5.91 Å². The van der Waals surface area contributed by atoms with Gasteiger partial charge in [0.2, 0.25) is 0 Å². The summed E-state index contributed by atoms with van der Waals surface area (Å²) in [6, 6.07) is 17.4. The third kappa shape index (κ3) is 2.49. The average molecular weight is 265 g/mol. The summed E-state index contributed by atoms with van der Waals surface area (Å²) in [5.74, 6) is -0.159. The second kappa shape index (κ2) is 5.48. The van der Waals surface area contributed by atoms with Crippen molar-refractivity contribution >= 4 is 17.2 Å². The van der Waals surface area contributed by atoms with Crippen molar-refractivity contribution in [1.29, 1.82) is 0 Å². The highest BCUT2D eigenvalue weighted by molar-refractivity contribution is 6.20. The molecule has 0 saturated carbocycles. The van der Waals surface area contributed by atoms with Crippen LogP contribution in [0.25, 0.3) is 5.57 Å². The van der Waals surface area contributed by atoms with Gasteiger partial charge in [-0.05, 0) is 23.3 Å². The lowest BCUT2D eigenvalue weighted by atomic mass is 9.97. The normalized spacial score (nSPS) is 12.7. The summed E-state index contributed by atoms with van der Waals surface area (Å²) in [6.45, 7) is 0.749. The summed E-state index contributed by atoms with van der Waals surface area (Å²) in [5.41, 5.74) is 9.19. The Morgan fingerprint density at radius 1 is 1.00 bits per heavy atom. The first-order valence-corrected chi connectivity index (χ1v) is 6.48. The smallest absolute Gasteiger partial charge is 0.271 e. The second-order valence-electron chi connectivity index (χ2n) is 4.54. The first-order valence-electron chi connectivity index (χ1n) is 6.48. The van der Waals surface area contributed by atoms with Gasteiger partial charge in [-0.25, -0.2) is 0 Å². The fourth-order valence-corrected chi connectivity index (χ4v) is 2.18.